The summed E-state index contributed by atoms with van der Waals surface area (Å²) in [6.07, 6.45) is -5.61. The Kier molecular flexibility index (Phi) is 6.44. The van der Waals surface area contributed by atoms with E-state index in [0.717, 1.165) is 24.3 Å². The maximum absolute atomic E-state index is 12.5. The van der Waals surface area contributed by atoms with Crippen LogP contribution in [0, 0.1) is 0 Å². The van der Waals surface area contributed by atoms with Crippen LogP contribution in [0.1, 0.15) is 18.1 Å². The Labute approximate surface area is 154 Å². The van der Waals surface area contributed by atoms with Gasteiger partial charge in [-0.2, -0.15) is 13.2 Å². The highest BCUT2D eigenvalue weighted by molar-refractivity contribution is 5.95. The molecule has 0 fully saturated rings. The molecule has 2 aromatic rings. The quantitative estimate of drug-likeness (QED) is 0.773. The molecule has 0 saturated heterocycles. The second-order valence-electron chi connectivity index (χ2n) is 5.72. The number of carbonyl (C=O) groups is 2. The number of rotatable bonds is 6. The highest BCUT2D eigenvalue weighted by Gasteiger charge is 2.30. The van der Waals surface area contributed by atoms with Crippen molar-refractivity contribution in [1.29, 1.82) is 0 Å². The number of hydrogen-bond donors (Lipinski definition) is 1. The average Bonchev–Trinajstić information content (AvgIpc) is 2.61. The third-order valence-electron chi connectivity index (χ3n) is 3.64. The van der Waals surface area contributed by atoms with Crippen molar-refractivity contribution >= 4 is 17.6 Å². The van der Waals surface area contributed by atoms with Crippen molar-refractivity contribution in [2.45, 2.75) is 25.6 Å². The van der Waals surface area contributed by atoms with E-state index in [4.69, 9.17) is 9.47 Å². The first kappa shape index (κ1) is 20.3. The lowest BCUT2D eigenvalue weighted by atomic mass is 10.1. The highest BCUT2D eigenvalue weighted by atomic mass is 19.4. The summed E-state index contributed by atoms with van der Waals surface area (Å²) in [5, 5.41) is 2.40. The minimum absolute atomic E-state index is 0.0465. The van der Waals surface area contributed by atoms with E-state index in [1.165, 1.54) is 14.0 Å². The molecule has 1 N–H and O–H groups in total. The van der Waals surface area contributed by atoms with Gasteiger partial charge in [-0.15, -0.1) is 0 Å². The summed E-state index contributed by atoms with van der Waals surface area (Å²) in [6.45, 7) is 1.38. The van der Waals surface area contributed by atoms with Crippen LogP contribution in [0.5, 0.6) is 5.75 Å². The van der Waals surface area contributed by atoms with Crippen molar-refractivity contribution in [3.05, 3.63) is 59.7 Å². The SMILES string of the molecule is COc1cccc(CC(=O)O[C@H](C)C(=O)Nc2ccc(C(F)(F)F)cc2)c1. The number of carbonyl (C=O) groups excluding carboxylic acids is 2. The molecular formula is C19H18F3NO4. The van der Waals surface area contributed by atoms with Crippen LogP contribution < -0.4 is 10.1 Å². The van der Waals surface area contributed by atoms with E-state index >= 15 is 0 Å². The number of amides is 1. The monoisotopic (exact) mass is 381 g/mol. The molecule has 0 bridgehead atoms. The summed E-state index contributed by atoms with van der Waals surface area (Å²) in [6, 6.07) is 10.8. The van der Waals surface area contributed by atoms with Gasteiger partial charge in [-0.1, -0.05) is 12.1 Å². The van der Waals surface area contributed by atoms with Gasteiger partial charge in [-0.25, -0.2) is 0 Å². The Hall–Kier alpha value is -3.03. The first-order chi connectivity index (χ1) is 12.7. The van der Waals surface area contributed by atoms with Gasteiger partial charge in [0.05, 0.1) is 19.1 Å². The van der Waals surface area contributed by atoms with Gasteiger partial charge < -0.3 is 14.8 Å². The van der Waals surface area contributed by atoms with Gasteiger partial charge in [0.25, 0.3) is 5.91 Å². The zero-order chi connectivity index (χ0) is 20.0. The number of nitrogens with one attached hydrogen (secondary N) is 1. The minimum atomic E-state index is -4.45. The molecule has 144 valence electrons. The Morgan fingerprint density at radius 3 is 2.37 bits per heavy atom. The lowest BCUT2D eigenvalue weighted by Gasteiger charge is -2.14. The Bertz CT molecular complexity index is 803. The number of methoxy groups -OCH3 is 1. The fourth-order valence-corrected chi connectivity index (χ4v) is 2.23. The normalized spacial score (nSPS) is 12.2. The molecule has 0 spiro atoms. The lowest BCUT2D eigenvalue weighted by molar-refractivity contribution is -0.152. The van der Waals surface area contributed by atoms with Gasteiger partial charge >= 0.3 is 12.1 Å². The molecule has 5 nitrogen and oxygen atoms in total. The van der Waals surface area contributed by atoms with Gasteiger partial charge in [0.2, 0.25) is 0 Å². The third kappa shape index (κ3) is 6.02. The molecule has 8 heteroatoms. The third-order valence-corrected chi connectivity index (χ3v) is 3.64. The lowest BCUT2D eigenvalue weighted by Crippen LogP contribution is -2.30. The predicted octanol–water partition coefficient (Wildman–Crippen LogP) is 3.83. The molecule has 2 rings (SSSR count). The van der Waals surface area contributed by atoms with E-state index in [1.807, 2.05) is 0 Å². The molecule has 27 heavy (non-hydrogen) atoms. The van der Waals surface area contributed by atoms with E-state index in [9.17, 15) is 22.8 Å². The topological polar surface area (TPSA) is 64.6 Å². The van der Waals surface area contributed by atoms with E-state index in [1.54, 1.807) is 24.3 Å². The van der Waals surface area contributed by atoms with Gasteiger partial charge in [-0.3, -0.25) is 9.59 Å². The van der Waals surface area contributed by atoms with Crippen molar-refractivity contribution < 1.29 is 32.2 Å². The minimum Gasteiger partial charge on any atom is -0.497 e. The van der Waals surface area contributed by atoms with Crippen LogP contribution in [0.2, 0.25) is 0 Å². The maximum Gasteiger partial charge on any atom is 0.416 e. The number of halogens is 3. The maximum atomic E-state index is 12.5. The number of alkyl halides is 3. The first-order valence-corrected chi connectivity index (χ1v) is 7.99. The van der Waals surface area contributed by atoms with Crippen LogP contribution in [0.3, 0.4) is 0 Å². The molecule has 0 aromatic heterocycles. The van der Waals surface area contributed by atoms with Crippen LogP contribution in [0.15, 0.2) is 48.5 Å². The summed E-state index contributed by atoms with van der Waals surface area (Å²) >= 11 is 0. The van der Waals surface area contributed by atoms with Crippen LogP contribution in [-0.2, 0) is 26.9 Å². The summed E-state index contributed by atoms with van der Waals surface area (Å²) in [4.78, 5) is 24.0. The molecule has 1 amide bonds. The van der Waals surface area contributed by atoms with E-state index < -0.39 is 29.7 Å². The van der Waals surface area contributed by atoms with Gasteiger partial charge in [-0.05, 0) is 48.9 Å². The van der Waals surface area contributed by atoms with Crippen LogP contribution in [0.25, 0.3) is 0 Å². The van der Waals surface area contributed by atoms with Gasteiger partial charge in [0.15, 0.2) is 6.10 Å². The zero-order valence-electron chi connectivity index (χ0n) is 14.7. The molecule has 1 atom stereocenters. The van der Waals surface area contributed by atoms with Crippen molar-refractivity contribution in [1.82, 2.24) is 0 Å². The molecule has 0 aliphatic carbocycles. The molecule has 0 unspecified atom stereocenters. The van der Waals surface area contributed by atoms with E-state index in [2.05, 4.69) is 5.32 Å². The van der Waals surface area contributed by atoms with Crippen molar-refractivity contribution in [3.8, 4) is 5.75 Å². The predicted molar refractivity (Wildman–Crippen MR) is 92.3 cm³/mol. The van der Waals surface area contributed by atoms with E-state index in [-0.39, 0.29) is 12.1 Å². The Balaban J connectivity index is 1.90. The first-order valence-electron chi connectivity index (χ1n) is 7.99. The standard InChI is InChI=1S/C19H18F3NO4/c1-12(27-17(24)11-13-4-3-5-16(10-13)26-2)18(25)23-15-8-6-14(7-9-15)19(20,21)22/h3-10,12H,11H2,1-2H3,(H,23,25)/t12-/m1/s1. The van der Waals surface area contributed by atoms with Crippen LogP contribution in [-0.4, -0.2) is 25.1 Å². The summed E-state index contributed by atoms with van der Waals surface area (Å²) in [5.74, 6) is -0.666. The number of benzene rings is 2. The molecule has 0 saturated carbocycles. The fraction of sp³-hybridized carbons (Fsp3) is 0.263. The average molecular weight is 381 g/mol. The van der Waals surface area contributed by atoms with Crippen molar-refractivity contribution in [3.63, 3.8) is 0 Å². The highest BCUT2D eigenvalue weighted by Crippen LogP contribution is 2.29. The number of hydrogen-bond acceptors (Lipinski definition) is 4. The summed E-state index contributed by atoms with van der Waals surface area (Å²) in [5.41, 5.74) is 0.0108. The molecule has 0 heterocycles. The molecule has 0 aliphatic rings. The van der Waals surface area contributed by atoms with Gasteiger partial charge in [0, 0.05) is 5.69 Å². The smallest absolute Gasteiger partial charge is 0.416 e. The number of esters is 1. The number of anilines is 1. The van der Waals surface area contributed by atoms with Crippen LogP contribution >= 0.6 is 0 Å². The van der Waals surface area contributed by atoms with Crippen molar-refractivity contribution in [2.24, 2.45) is 0 Å². The molecule has 0 radical (unpaired) electrons. The Morgan fingerprint density at radius 2 is 1.78 bits per heavy atom. The fourth-order valence-electron chi connectivity index (χ4n) is 2.23. The largest absolute Gasteiger partial charge is 0.497 e. The summed E-state index contributed by atoms with van der Waals surface area (Å²) < 4.78 is 47.7. The zero-order valence-corrected chi connectivity index (χ0v) is 14.7. The van der Waals surface area contributed by atoms with E-state index in [0.29, 0.717) is 11.3 Å². The Morgan fingerprint density at radius 1 is 1.11 bits per heavy atom. The second-order valence-corrected chi connectivity index (χ2v) is 5.72. The number of ether oxygens (including phenoxy) is 2. The van der Waals surface area contributed by atoms with Crippen molar-refractivity contribution in [2.75, 3.05) is 12.4 Å². The molecule has 2 aromatic carbocycles. The van der Waals surface area contributed by atoms with Crippen LogP contribution in [0.4, 0.5) is 18.9 Å². The van der Waals surface area contributed by atoms with Gasteiger partial charge in [0.1, 0.15) is 5.75 Å². The molecule has 0 aliphatic heterocycles. The molecular weight excluding hydrogens is 363 g/mol. The summed E-state index contributed by atoms with van der Waals surface area (Å²) in [7, 11) is 1.51. The second kappa shape index (κ2) is 8.57.